The number of hydrogen-bond acceptors (Lipinski definition) is 8. The molecule has 2 aromatic rings. The molecular formula is C21H26N2O7S. The molecule has 0 aromatic heterocycles. The molecule has 2 rings (SSSR count). The molecule has 1 amide bonds. The Morgan fingerprint density at radius 3 is 2.03 bits per heavy atom. The second kappa shape index (κ2) is 10.2. The first-order valence-electron chi connectivity index (χ1n) is 9.08. The van der Waals surface area contributed by atoms with Gasteiger partial charge in [-0.05, 0) is 23.8 Å². The molecule has 168 valence electrons. The van der Waals surface area contributed by atoms with Crippen molar-refractivity contribution in [2.75, 3.05) is 28.4 Å². The maximum atomic E-state index is 12.7. The van der Waals surface area contributed by atoms with Crippen LogP contribution in [0, 0.1) is 0 Å². The molecule has 9 nitrogen and oxygen atoms in total. The van der Waals surface area contributed by atoms with E-state index in [4.69, 9.17) is 30.4 Å². The van der Waals surface area contributed by atoms with Crippen LogP contribution in [0.5, 0.6) is 23.0 Å². The number of ether oxygens (including phenoxy) is 4. The van der Waals surface area contributed by atoms with Crippen molar-refractivity contribution in [2.45, 2.75) is 11.8 Å². The van der Waals surface area contributed by atoms with Crippen LogP contribution in [-0.2, 0) is 20.4 Å². The molecule has 0 aliphatic rings. The van der Waals surface area contributed by atoms with E-state index in [0.717, 1.165) is 5.41 Å². The molecule has 1 unspecified atom stereocenters. The van der Waals surface area contributed by atoms with E-state index >= 15 is 0 Å². The zero-order valence-electron chi connectivity index (χ0n) is 17.7. The Bertz CT molecular complexity index is 1060. The van der Waals surface area contributed by atoms with Crippen LogP contribution in [-0.4, -0.2) is 42.8 Å². The van der Waals surface area contributed by atoms with E-state index in [1.807, 2.05) is 0 Å². The number of primary amides is 1. The molecule has 10 heteroatoms. The van der Waals surface area contributed by atoms with Crippen molar-refractivity contribution in [2.24, 2.45) is 11.5 Å². The fourth-order valence-electron chi connectivity index (χ4n) is 2.92. The minimum Gasteiger partial charge on any atom is -0.496 e. The zero-order chi connectivity index (χ0) is 23.2. The van der Waals surface area contributed by atoms with Crippen molar-refractivity contribution in [1.29, 1.82) is 0 Å². The summed E-state index contributed by atoms with van der Waals surface area (Å²) in [6, 6.07) is 6.73. The highest BCUT2D eigenvalue weighted by molar-refractivity contribution is 7.93. The van der Waals surface area contributed by atoms with Gasteiger partial charge in [-0.1, -0.05) is 6.07 Å². The summed E-state index contributed by atoms with van der Waals surface area (Å²) in [6.07, 6.45) is 1.39. The van der Waals surface area contributed by atoms with Gasteiger partial charge in [0.15, 0.2) is 9.84 Å². The van der Waals surface area contributed by atoms with E-state index < -0.39 is 21.8 Å². The third-order valence-electron chi connectivity index (χ3n) is 4.50. The van der Waals surface area contributed by atoms with Gasteiger partial charge >= 0.3 is 0 Å². The lowest BCUT2D eigenvalue weighted by molar-refractivity contribution is -0.119. The van der Waals surface area contributed by atoms with E-state index in [1.165, 1.54) is 40.6 Å². The molecule has 1 atom stereocenters. The third-order valence-corrected chi connectivity index (χ3v) is 5.79. The number of amides is 1. The van der Waals surface area contributed by atoms with Crippen LogP contribution in [0.15, 0.2) is 35.7 Å². The second-order valence-electron chi connectivity index (χ2n) is 6.51. The van der Waals surface area contributed by atoms with Crippen LogP contribution in [0.25, 0.3) is 6.08 Å². The SMILES string of the molecule is COc1cc(OC)c(C=CS(=O)(=O)Cc2ccc(OC)c(C(N)C(N)=O)c2)c(OC)c1. The van der Waals surface area contributed by atoms with Crippen LogP contribution in [0.2, 0.25) is 0 Å². The number of benzene rings is 2. The van der Waals surface area contributed by atoms with E-state index in [0.29, 0.717) is 39.7 Å². The summed E-state index contributed by atoms with van der Waals surface area (Å²) in [5.74, 6) is 0.550. The van der Waals surface area contributed by atoms with Gasteiger partial charge in [-0.15, -0.1) is 0 Å². The van der Waals surface area contributed by atoms with Crippen molar-refractivity contribution in [3.63, 3.8) is 0 Å². The molecule has 0 bridgehead atoms. The minimum absolute atomic E-state index is 0.310. The number of carbonyl (C=O) groups excluding carboxylic acids is 1. The summed E-state index contributed by atoms with van der Waals surface area (Å²) in [5.41, 5.74) is 12.3. The van der Waals surface area contributed by atoms with Crippen LogP contribution in [0.4, 0.5) is 0 Å². The van der Waals surface area contributed by atoms with Gasteiger partial charge < -0.3 is 30.4 Å². The molecule has 31 heavy (non-hydrogen) atoms. The highest BCUT2D eigenvalue weighted by Crippen LogP contribution is 2.35. The van der Waals surface area contributed by atoms with Gasteiger partial charge in [-0.2, -0.15) is 0 Å². The maximum absolute atomic E-state index is 12.7. The number of methoxy groups -OCH3 is 4. The molecule has 0 fully saturated rings. The van der Waals surface area contributed by atoms with Crippen LogP contribution in [0.3, 0.4) is 0 Å². The average molecular weight is 451 g/mol. The standard InChI is InChI=1S/C21H26N2O7S/c1-27-14-10-18(29-3)15(19(11-14)30-4)7-8-31(25,26)12-13-5-6-17(28-2)16(9-13)20(22)21(23)24/h5-11,20H,12,22H2,1-4H3,(H2,23,24). The van der Waals surface area contributed by atoms with E-state index in [-0.39, 0.29) is 5.75 Å². The second-order valence-corrected chi connectivity index (χ2v) is 8.40. The summed E-state index contributed by atoms with van der Waals surface area (Å²) in [4.78, 5) is 11.5. The summed E-state index contributed by atoms with van der Waals surface area (Å²) in [7, 11) is 2.14. The van der Waals surface area contributed by atoms with Gasteiger partial charge in [0, 0.05) is 23.1 Å². The fraction of sp³-hybridized carbons (Fsp3) is 0.286. The largest absolute Gasteiger partial charge is 0.496 e. The van der Waals surface area contributed by atoms with Gasteiger partial charge in [0.05, 0.1) is 39.8 Å². The van der Waals surface area contributed by atoms with E-state index in [9.17, 15) is 13.2 Å². The van der Waals surface area contributed by atoms with Crippen molar-refractivity contribution in [3.8, 4) is 23.0 Å². The predicted molar refractivity (Wildman–Crippen MR) is 117 cm³/mol. The molecule has 0 radical (unpaired) electrons. The number of carbonyl (C=O) groups is 1. The molecule has 4 N–H and O–H groups in total. The molecule has 0 saturated heterocycles. The summed E-state index contributed by atoms with van der Waals surface area (Å²) < 4.78 is 46.5. The Hall–Kier alpha value is -3.24. The molecular weight excluding hydrogens is 424 g/mol. The molecule has 2 aromatic carbocycles. The predicted octanol–water partition coefficient (Wildman–Crippen LogP) is 1.79. The van der Waals surface area contributed by atoms with Crippen molar-refractivity contribution >= 4 is 21.8 Å². The molecule has 0 heterocycles. The smallest absolute Gasteiger partial charge is 0.239 e. The Morgan fingerprint density at radius 1 is 0.968 bits per heavy atom. The Morgan fingerprint density at radius 2 is 1.55 bits per heavy atom. The first kappa shape index (κ1) is 24.0. The fourth-order valence-corrected chi connectivity index (χ4v) is 4.00. The highest BCUT2D eigenvalue weighted by atomic mass is 32.2. The number of nitrogens with two attached hydrogens (primary N) is 2. The molecule has 0 aliphatic carbocycles. The summed E-state index contributed by atoms with van der Waals surface area (Å²) >= 11 is 0. The summed E-state index contributed by atoms with van der Waals surface area (Å²) in [6.45, 7) is 0. The van der Waals surface area contributed by atoms with Gasteiger partial charge in [-0.25, -0.2) is 8.42 Å². The van der Waals surface area contributed by atoms with Crippen molar-refractivity contribution in [3.05, 3.63) is 52.4 Å². The molecule has 0 saturated carbocycles. The van der Waals surface area contributed by atoms with Gasteiger partial charge in [0.2, 0.25) is 5.91 Å². The van der Waals surface area contributed by atoms with Crippen LogP contribution < -0.4 is 30.4 Å². The zero-order valence-corrected chi connectivity index (χ0v) is 18.6. The van der Waals surface area contributed by atoms with E-state index in [2.05, 4.69) is 0 Å². The Labute approximate surface area is 181 Å². The van der Waals surface area contributed by atoms with Gasteiger partial charge in [0.25, 0.3) is 0 Å². The van der Waals surface area contributed by atoms with Crippen molar-refractivity contribution in [1.82, 2.24) is 0 Å². The first-order valence-corrected chi connectivity index (χ1v) is 10.8. The third kappa shape index (κ3) is 5.89. The lowest BCUT2D eigenvalue weighted by Gasteiger charge is -2.14. The number of rotatable bonds is 10. The topological polar surface area (TPSA) is 140 Å². The highest BCUT2D eigenvalue weighted by Gasteiger charge is 2.19. The van der Waals surface area contributed by atoms with Gasteiger partial charge in [0.1, 0.15) is 29.0 Å². The maximum Gasteiger partial charge on any atom is 0.239 e. The lowest BCUT2D eigenvalue weighted by Crippen LogP contribution is -2.28. The van der Waals surface area contributed by atoms with Gasteiger partial charge in [-0.3, -0.25) is 4.79 Å². The van der Waals surface area contributed by atoms with Crippen LogP contribution >= 0.6 is 0 Å². The average Bonchev–Trinajstić information content (AvgIpc) is 2.75. The Kier molecular flexibility index (Phi) is 7.89. The number of sulfone groups is 1. The minimum atomic E-state index is -3.70. The van der Waals surface area contributed by atoms with Crippen LogP contribution in [0.1, 0.15) is 22.7 Å². The Balaban J connectivity index is 2.37. The molecule has 0 aliphatic heterocycles. The van der Waals surface area contributed by atoms with E-state index in [1.54, 1.807) is 24.3 Å². The molecule has 0 spiro atoms. The monoisotopic (exact) mass is 450 g/mol. The first-order chi connectivity index (χ1) is 14.6. The van der Waals surface area contributed by atoms with Crippen molar-refractivity contribution < 1.29 is 32.2 Å². The normalized spacial score (nSPS) is 12.4. The quantitative estimate of drug-likeness (QED) is 0.558. The number of hydrogen-bond donors (Lipinski definition) is 2. The lowest BCUT2D eigenvalue weighted by atomic mass is 10.0. The summed E-state index contributed by atoms with van der Waals surface area (Å²) in [5, 5.41) is 1.07.